The molecule has 0 radical (unpaired) electrons. The zero-order valence-corrected chi connectivity index (χ0v) is 14.4. The van der Waals surface area contributed by atoms with Gasteiger partial charge in [-0.15, -0.1) is 0 Å². The van der Waals surface area contributed by atoms with Gasteiger partial charge in [0.1, 0.15) is 6.33 Å². The molecule has 9 heteroatoms. The van der Waals surface area contributed by atoms with Crippen molar-refractivity contribution >= 4 is 5.78 Å². The quantitative estimate of drug-likeness (QED) is 0.589. The number of hydrogen-bond acceptors (Lipinski definition) is 7. The Morgan fingerprint density at radius 1 is 1.22 bits per heavy atom. The normalized spacial score (nSPS) is 17.7. The standard InChI is InChI=1S/C18H17N7O2/c26-15-9-13(21-18-19-11-20-25(15)18)10-24-8-4-7-14(24)17-22-16(23-27-17)12-5-2-1-3-6-12/h1-3,5-6,9,11,14H,4,7-8,10H2,(H,19,20,21). The zero-order valence-electron chi connectivity index (χ0n) is 14.4. The Kier molecular flexibility index (Phi) is 3.79. The maximum atomic E-state index is 12.1. The number of fused-ring (bicyclic) bond motifs is 1. The molecule has 1 N–H and O–H groups in total. The van der Waals surface area contributed by atoms with Gasteiger partial charge in [0, 0.05) is 18.2 Å². The van der Waals surface area contributed by atoms with Crippen molar-refractivity contribution < 1.29 is 4.52 Å². The van der Waals surface area contributed by atoms with Crippen molar-refractivity contribution in [3.8, 4) is 11.4 Å². The van der Waals surface area contributed by atoms with E-state index in [9.17, 15) is 4.79 Å². The molecule has 1 aliphatic heterocycles. The maximum absolute atomic E-state index is 12.1. The van der Waals surface area contributed by atoms with Gasteiger partial charge in [-0.2, -0.15) is 9.50 Å². The van der Waals surface area contributed by atoms with Gasteiger partial charge in [-0.25, -0.2) is 9.97 Å². The second-order valence-electron chi connectivity index (χ2n) is 6.56. The fourth-order valence-corrected chi connectivity index (χ4v) is 3.53. The highest BCUT2D eigenvalue weighted by Gasteiger charge is 2.31. The number of nitrogens with zero attached hydrogens (tertiary/aromatic N) is 6. The Bertz CT molecular complexity index is 1130. The summed E-state index contributed by atoms with van der Waals surface area (Å²) in [5.74, 6) is 1.56. The van der Waals surface area contributed by atoms with E-state index < -0.39 is 0 Å². The summed E-state index contributed by atoms with van der Waals surface area (Å²) in [5.41, 5.74) is 1.44. The summed E-state index contributed by atoms with van der Waals surface area (Å²) in [4.78, 5) is 27.5. The average Bonchev–Trinajstić information content (AvgIpc) is 3.42. The van der Waals surface area contributed by atoms with Crippen LogP contribution in [0, 0.1) is 0 Å². The lowest BCUT2D eigenvalue weighted by Crippen LogP contribution is -2.25. The monoisotopic (exact) mass is 363 g/mol. The molecule has 9 nitrogen and oxygen atoms in total. The van der Waals surface area contributed by atoms with Crippen molar-refractivity contribution in [2.24, 2.45) is 0 Å². The number of likely N-dealkylation sites (tertiary alicyclic amines) is 1. The van der Waals surface area contributed by atoms with Crippen LogP contribution in [0.25, 0.3) is 17.2 Å². The average molecular weight is 363 g/mol. The number of hydrogen-bond donors (Lipinski definition) is 1. The van der Waals surface area contributed by atoms with Gasteiger partial charge in [-0.3, -0.25) is 14.8 Å². The van der Waals surface area contributed by atoms with Crippen LogP contribution in [0.1, 0.15) is 30.5 Å². The number of benzene rings is 1. The van der Waals surface area contributed by atoms with Gasteiger partial charge in [0.2, 0.25) is 11.7 Å². The summed E-state index contributed by atoms with van der Waals surface area (Å²) < 4.78 is 6.86. The minimum atomic E-state index is -0.174. The zero-order chi connectivity index (χ0) is 18.2. The number of nitrogens with one attached hydrogen (secondary N) is 1. The Morgan fingerprint density at radius 3 is 3.00 bits per heavy atom. The van der Waals surface area contributed by atoms with E-state index in [1.54, 1.807) is 0 Å². The van der Waals surface area contributed by atoms with E-state index in [1.807, 2.05) is 30.3 Å². The highest BCUT2D eigenvalue weighted by molar-refractivity contribution is 5.53. The molecule has 0 saturated carbocycles. The maximum Gasteiger partial charge on any atom is 0.274 e. The Morgan fingerprint density at radius 2 is 2.11 bits per heavy atom. The van der Waals surface area contributed by atoms with Crippen LogP contribution in [0.15, 0.2) is 52.0 Å². The molecule has 1 saturated heterocycles. The highest BCUT2D eigenvalue weighted by atomic mass is 16.5. The fraction of sp³-hybridized carbons (Fsp3) is 0.278. The summed E-state index contributed by atoms with van der Waals surface area (Å²) in [6.45, 7) is 1.42. The molecule has 0 aliphatic carbocycles. The molecule has 5 rings (SSSR count). The van der Waals surface area contributed by atoms with Crippen LogP contribution in [0.2, 0.25) is 0 Å². The first-order chi connectivity index (χ1) is 13.3. The smallest absolute Gasteiger partial charge is 0.274 e. The van der Waals surface area contributed by atoms with Gasteiger partial charge in [0.25, 0.3) is 11.3 Å². The van der Waals surface area contributed by atoms with Crippen LogP contribution in [0.4, 0.5) is 0 Å². The van der Waals surface area contributed by atoms with Crippen molar-refractivity contribution in [2.45, 2.75) is 25.4 Å². The Hall–Kier alpha value is -3.33. The molecule has 1 aliphatic rings. The molecule has 4 heterocycles. The minimum absolute atomic E-state index is 0.0226. The SMILES string of the molecule is O=c1cc(CN2CCCC2c2nc(-c3ccccc3)no2)nc2nc[nH]n12. The number of aromatic nitrogens is 6. The third-order valence-electron chi connectivity index (χ3n) is 4.81. The van der Waals surface area contributed by atoms with Gasteiger partial charge in [0.15, 0.2) is 0 Å². The topological polar surface area (TPSA) is 105 Å². The first-order valence-electron chi connectivity index (χ1n) is 8.83. The van der Waals surface area contributed by atoms with Gasteiger partial charge >= 0.3 is 0 Å². The van der Waals surface area contributed by atoms with Crippen molar-refractivity contribution in [1.82, 2.24) is 34.6 Å². The van der Waals surface area contributed by atoms with Crippen LogP contribution >= 0.6 is 0 Å². The van der Waals surface area contributed by atoms with Crippen molar-refractivity contribution in [3.63, 3.8) is 0 Å². The van der Waals surface area contributed by atoms with Gasteiger partial charge < -0.3 is 4.52 Å². The molecule has 0 amide bonds. The first kappa shape index (κ1) is 15.9. The summed E-state index contributed by atoms with van der Waals surface area (Å²) >= 11 is 0. The van der Waals surface area contributed by atoms with Gasteiger partial charge in [0.05, 0.1) is 11.7 Å². The van der Waals surface area contributed by atoms with Crippen LogP contribution in [0.3, 0.4) is 0 Å². The largest absolute Gasteiger partial charge is 0.337 e. The number of aromatic amines is 1. The first-order valence-corrected chi connectivity index (χ1v) is 8.83. The molecule has 0 spiro atoms. The fourth-order valence-electron chi connectivity index (χ4n) is 3.53. The van der Waals surface area contributed by atoms with Crippen LogP contribution < -0.4 is 5.56 Å². The predicted molar refractivity (Wildman–Crippen MR) is 95.7 cm³/mol. The molecule has 0 bridgehead atoms. The molecule has 27 heavy (non-hydrogen) atoms. The van der Waals surface area contributed by atoms with Crippen molar-refractivity contribution in [2.75, 3.05) is 6.54 Å². The molecular formula is C18H17N7O2. The number of H-pyrrole nitrogens is 1. The lowest BCUT2D eigenvalue weighted by Gasteiger charge is -2.20. The number of rotatable bonds is 4. The van der Waals surface area contributed by atoms with E-state index in [0.717, 1.165) is 24.9 Å². The van der Waals surface area contributed by atoms with E-state index in [2.05, 4.69) is 30.1 Å². The van der Waals surface area contributed by atoms with E-state index in [4.69, 9.17) is 4.52 Å². The van der Waals surface area contributed by atoms with Crippen LogP contribution in [-0.4, -0.2) is 41.2 Å². The predicted octanol–water partition coefficient (Wildman–Crippen LogP) is 1.80. The van der Waals surface area contributed by atoms with Crippen molar-refractivity contribution in [1.29, 1.82) is 0 Å². The summed E-state index contributed by atoms with van der Waals surface area (Å²) in [7, 11) is 0. The van der Waals surface area contributed by atoms with E-state index in [-0.39, 0.29) is 11.6 Å². The molecule has 1 fully saturated rings. The third kappa shape index (κ3) is 2.91. The van der Waals surface area contributed by atoms with Gasteiger partial charge in [-0.1, -0.05) is 35.5 Å². The van der Waals surface area contributed by atoms with E-state index >= 15 is 0 Å². The lowest BCUT2D eigenvalue weighted by atomic mass is 10.2. The molecule has 1 atom stereocenters. The molecular weight excluding hydrogens is 346 g/mol. The molecule has 4 aromatic rings. The molecule has 1 unspecified atom stereocenters. The van der Waals surface area contributed by atoms with Crippen LogP contribution in [-0.2, 0) is 6.54 Å². The highest BCUT2D eigenvalue weighted by Crippen LogP contribution is 2.32. The summed E-state index contributed by atoms with van der Waals surface area (Å²) in [5, 5.41) is 6.87. The van der Waals surface area contributed by atoms with E-state index in [0.29, 0.717) is 29.7 Å². The summed E-state index contributed by atoms with van der Waals surface area (Å²) in [6, 6.07) is 11.3. The van der Waals surface area contributed by atoms with E-state index in [1.165, 1.54) is 16.9 Å². The van der Waals surface area contributed by atoms with Gasteiger partial charge in [-0.05, 0) is 19.4 Å². The molecule has 3 aromatic heterocycles. The Balaban J connectivity index is 1.40. The minimum Gasteiger partial charge on any atom is -0.337 e. The van der Waals surface area contributed by atoms with Crippen LogP contribution in [0.5, 0.6) is 0 Å². The summed E-state index contributed by atoms with van der Waals surface area (Å²) in [6.07, 6.45) is 3.41. The second kappa shape index (κ2) is 6.44. The Labute approximate surface area is 153 Å². The molecule has 1 aromatic carbocycles. The molecule has 136 valence electrons. The lowest BCUT2D eigenvalue weighted by molar-refractivity contribution is 0.199. The third-order valence-corrected chi connectivity index (χ3v) is 4.81. The van der Waals surface area contributed by atoms with Crippen molar-refractivity contribution in [3.05, 3.63) is 64.7 Å². The second-order valence-corrected chi connectivity index (χ2v) is 6.56.